The number of fused-ring (bicyclic) bond motifs is 2. The van der Waals surface area contributed by atoms with Crippen molar-refractivity contribution in [3.05, 3.63) is 59.9 Å². The lowest BCUT2D eigenvalue weighted by Gasteiger charge is -2.37. The van der Waals surface area contributed by atoms with Crippen molar-refractivity contribution >= 4 is 36.6 Å². The predicted octanol–water partition coefficient (Wildman–Crippen LogP) is 3.04. The van der Waals surface area contributed by atoms with Crippen LogP contribution in [0.25, 0.3) is 0 Å². The van der Waals surface area contributed by atoms with Crippen LogP contribution in [-0.2, 0) is 32.8 Å². The number of aryl methyl sites for hydroxylation is 1. The van der Waals surface area contributed by atoms with E-state index in [1.165, 1.54) is 5.19 Å². The van der Waals surface area contributed by atoms with E-state index >= 15 is 0 Å². The number of nitrogens with zero attached hydrogens (tertiary/aromatic N) is 4. The highest BCUT2D eigenvalue weighted by Gasteiger charge is 2.64. The minimum absolute atomic E-state index is 0.0137. The number of rotatable bonds is 9. The molecule has 6 rings (SSSR count). The van der Waals surface area contributed by atoms with Gasteiger partial charge in [-0.3, -0.25) is 14.4 Å². The Hall–Kier alpha value is -3.74. The third-order valence-electron chi connectivity index (χ3n) is 9.24. The zero-order valence-electron chi connectivity index (χ0n) is 24.4. The van der Waals surface area contributed by atoms with Gasteiger partial charge in [-0.25, -0.2) is 4.79 Å². The first-order valence-corrected chi connectivity index (χ1v) is 17.5. The first kappa shape index (κ1) is 28.4. The maximum atomic E-state index is 14.0. The maximum Gasteiger partial charge on any atom is 0.414 e. The SMILES string of the molecule is COc1ccc([Si](C)(C)[C@H]2[C@H](CCn3cc(CCO)nn3)O[C@@]3(C(=O)Nc4ccc(N5CCOC5=O)cc43)[C@@H]2C)cc1. The first-order valence-electron chi connectivity index (χ1n) is 14.4. The molecule has 0 bridgehead atoms. The number of carbonyl (C=O) groups excluding carboxylic acids is 2. The van der Waals surface area contributed by atoms with Gasteiger partial charge in [-0.05, 0) is 42.3 Å². The van der Waals surface area contributed by atoms with Crippen molar-refractivity contribution in [3.8, 4) is 5.75 Å². The summed E-state index contributed by atoms with van der Waals surface area (Å²) in [7, 11) is -0.613. The fourth-order valence-corrected chi connectivity index (χ4v) is 11.2. The average molecular weight is 592 g/mol. The second-order valence-corrected chi connectivity index (χ2v) is 16.5. The fourth-order valence-electron chi connectivity index (χ4n) is 7.12. The van der Waals surface area contributed by atoms with Gasteiger partial charge in [0.25, 0.3) is 5.91 Å². The van der Waals surface area contributed by atoms with Gasteiger partial charge in [0.05, 0.1) is 33.5 Å². The zero-order chi connectivity index (χ0) is 29.6. The average Bonchev–Trinajstić information content (AvgIpc) is 3.74. The van der Waals surface area contributed by atoms with Gasteiger partial charge in [0.15, 0.2) is 5.60 Å². The van der Waals surface area contributed by atoms with E-state index < -0.39 is 13.7 Å². The van der Waals surface area contributed by atoms with E-state index in [9.17, 15) is 14.7 Å². The summed E-state index contributed by atoms with van der Waals surface area (Å²) in [4.78, 5) is 27.9. The van der Waals surface area contributed by atoms with Gasteiger partial charge in [-0.2, -0.15) is 0 Å². The summed E-state index contributed by atoms with van der Waals surface area (Å²) in [5.74, 6) is 0.465. The highest BCUT2D eigenvalue weighted by Crippen LogP contribution is 2.59. The van der Waals surface area contributed by atoms with Gasteiger partial charge < -0.3 is 24.6 Å². The van der Waals surface area contributed by atoms with E-state index in [4.69, 9.17) is 14.2 Å². The monoisotopic (exact) mass is 591 g/mol. The number of hydrogen-bond donors (Lipinski definition) is 2. The molecule has 3 aromatic rings. The number of aromatic nitrogens is 3. The number of benzene rings is 2. The molecule has 3 aliphatic heterocycles. The number of anilines is 2. The Morgan fingerprint density at radius 2 is 1.98 bits per heavy atom. The maximum absolute atomic E-state index is 14.0. The summed E-state index contributed by atoms with van der Waals surface area (Å²) >= 11 is 0. The lowest BCUT2D eigenvalue weighted by molar-refractivity contribution is -0.143. The van der Waals surface area contributed by atoms with Crippen LogP contribution in [0, 0.1) is 5.92 Å². The van der Waals surface area contributed by atoms with Crippen molar-refractivity contribution in [2.24, 2.45) is 5.92 Å². The lowest BCUT2D eigenvalue weighted by atomic mass is 9.82. The van der Waals surface area contributed by atoms with Crippen LogP contribution in [-0.4, -0.2) is 73.1 Å². The number of aliphatic hydroxyl groups excluding tert-OH is 1. The van der Waals surface area contributed by atoms with Crippen molar-refractivity contribution in [1.82, 2.24) is 15.0 Å². The molecule has 42 heavy (non-hydrogen) atoms. The third-order valence-corrected chi connectivity index (χ3v) is 13.6. The van der Waals surface area contributed by atoms with Crippen LogP contribution in [0.2, 0.25) is 18.6 Å². The van der Waals surface area contributed by atoms with Gasteiger partial charge in [-0.15, -0.1) is 5.10 Å². The Kier molecular flexibility index (Phi) is 7.32. The third kappa shape index (κ3) is 4.57. The lowest BCUT2D eigenvalue weighted by Crippen LogP contribution is -2.51. The van der Waals surface area contributed by atoms with E-state index in [0.717, 1.165) is 17.0 Å². The zero-order valence-corrected chi connectivity index (χ0v) is 25.4. The van der Waals surface area contributed by atoms with Crippen LogP contribution >= 0.6 is 0 Å². The van der Waals surface area contributed by atoms with Crippen molar-refractivity contribution in [2.75, 3.05) is 37.1 Å². The molecule has 12 heteroatoms. The molecule has 1 aromatic heterocycles. The van der Waals surface area contributed by atoms with Crippen LogP contribution in [0.4, 0.5) is 16.2 Å². The molecule has 2 aromatic carbocycles. The molecule has 2 N–H and O–H groups in total. The minimum atomic E-state index is -2.27. The van der Waals surface area contributed by atoms with E-state index in [1.807, 2.05) is 36.5 Å². The molecule has 2 fully saturated rings. The largest absolute Gasteiger partial charge is 0.497 e. The number of aliphatic hydroxyl groups is 1. The second-order valence-electron chi connectivity index (χ2n) is 11.8. The van der Waals surface area contributed by atoms with Crippen LogP contribution < -0.4 is 20.1 Å². The molecule has 3 aliphatic rings. The quantitative estimate of drug-likeness (QED) is 0.364. The number of hydrogen-bond acceptors (Lipinski definition) is 8. The van der Waals surface area contributed by atoms with Crippen molar-refractivity contribution in [1.29, 1.82) is 0 Å². The summed E-state index contributed by atoms with van der Waals surface area (Å²) in [5.41, 5.74) is 1.76. The highest BCUT2D eigenvalue weighted by atomic mass is 28.3. The van der Waals surface area contributed by atoms with Crippen LogP contribution in [0.15, 0.2) is 48.7 Å². The topological polar surface area (TPSA) is 128 Å². The highest BCUT2D eigenvalue weighted by molar-refractivity contribution is 6.91. The molecule has 222 valence electrons. The van der Waals surface area contributed by atoms with Crippen LogP contribution in [0.3, 0.4) is 0 Å². The molecular formula is C30H37N5O6Si. The Morgan fingerprint density at radius 1 is 1.19 bits per heavy atom. The summed E-state index contributed by atoms with van der Waals surface area (Å²) in [6.45, 7) is 8.17. The molecule has 4 atom stereocenters. The molecular weight excluding hydrogens is 554 g/mol. The molecule has 4 heterocycles. The Morgan fingerprint density at radius 3 is 2.67 bits per heavy atom. The molecule has 0 radical (unpaired) electrons. The number of amides is 2. The smallest absolute Gasteiger partial charge is 0.414 e. The van der Waals surface area contributed by atoms with Crippen molar-refractivity contribution in [2.45, 2.75) is 56.7 Å². The van der Waals surface area contributed by atoms with E-state index in [2.05, 4.69) is 47.8 Å². The molecule has 2 saturated heterocycles. The summed E-state index contributed by atoms with van der Waals surface area (Å²) < 4.78 is 19.4. The van der Waals surface area contributed by atoms with E-state index in [-0.39, 0.29) is 36.2 Å². The number of nitrogens with one attached hydrogen (secondary N) is 1. The Bertz CT molecular complexity index is 1490. The standard InChI is InChI=1S/C30H37N5O6Si/c1-19-27(42(3,4)23-8-6-22(39-2)7-9-23)26(11-13-34-18-20(12-15-36)32-33-34)41-30(19)24-17-21(35-14-16-40-29(35)38)5-10-25(24)31-28(30)37/h5-10,17-19,26-27,36H,11-16H2,1-4H3,(H,31,37)/t19-,26+,27-,30+/m1/s1. The minimum Gasteiger partial charge on any atom is -0.497 e. The summed E-state index contributed by atoms with van der Waals surface area (Å²) in [6, 6.07) is 13.9. The second kappa shape index (κ2) is 10.8. The Labute approximate surface area is 245 Å². The molecule has 0 aliphatic carbocycles. The van der Waals surface area contributed by atoms with E-state index in [1.54, 1.807) is 16.7 Å². The molecule has 11 nitrogen and oxygen atoms in total. The molecule has 0 saturated carbocycles. The number of cyclic esters (lactones) is 1. The predicted molar refractivity (Wildman–Crippen MR) is 159 cm³/mol. The van der Waals surface area contributed by atoms with Gasteiger partial charge in [0, 0.05) is 48.6 Å². The van der Waals surface area contributed by atoms with Crippen LogP contribution in [0.5, 0.6) is 5.75 Å². The normalized spacial score (nSPS) is 25.2. The molecule has 0 unspecified atom stereocenters. The number of ether oxygens (including phenoxy) is 3. The Balaban J connectivity index is 1.39. The summed E-state index contributed by atoms with van der Waals surface area (Å²) in [5, 5.41) is 22.0. The molecule has 2 amide bonds. The van der Waals surface area contributed by atoms with Crippen molar-refractivity contribution < 1.29 is 28.9 Å². The number of carbonyl (C=O) groups is 2. The summed E-state index contributed by atoms with van der Waals surface area (Å²) in [6.07, 6.45) is 2.30. The molecule has 1 spiro atoms. The van der Waals surface area contributed by atoms with Gasteiger partial charge in [0.1, 0.15) is 12.4 Å². The van der Waals surface area contributed by atoms with Gasteiger partial charge in [-0.1, -0.05) is 42.6 Å². The first-order chi connectivity index (χ1) is 20.2. The van der Waals surface area contributed by atoms with E-state index in [0.29, 0.717) is 43.9 Å². The van der Waals surface area contributed by atoms with Crippen molar-refractivity contribution in [3.63, 3.8) is 0 Å². The number of methoxy groups -OCH3 is 1. The van der Waals surface area contributed by atoms with Crippen LogP contribution in [0.1, 0.15) is 24.6 Å². The van der Waals surface area contributed by atoms with Gasteiger partial charge in [0.2, 0.25) is 0 Å². The van der Waals surface area contributed by atoms with Gasteiger partial charge >= 0.3 is 6.09 Å². The fraction of sp³-hybridized carbons (Fsp3) is 0.467.